The van der Waals surface area contributed by atoms with Gasteiger partial charge in [0, 0.05) is 18.0 Å². The largest absolute Gasteiger partial charge is 0.493 e. The number of hydrogen-bond donors (Lipinski definition) is 1. The Bertz CT molecular complexity index is 493. The zero-order chi connectivity index (χ0) is 13.0. The maximum absolute atomic E-state index is 5.62. The fourth-order valence-electron chi connectivity index (χ4n) is 1.42. The van der Waals surface area contributed by atoms with Crippen LogP contribution in [0.25, 0.3) is 0 Å². The summed E-state index contributed by atoms with van der Waals surface area (Å²) in [7, 11) is 0. The summed E-state index contributed by atoms with van der Waals surface area (Å²) in [6.07, 6.45) is 0.786. The molecule has 0 aliphatic heterocycles. The molecule has 0 unspecified atom stereocenters. The van der Waals surface area contributed by atoms with Gasteiger partial charge in [0.15, 0.2) is 0 Å². The molecule has 4 nitrogen and oxygen atoms in total. The zero-order valence-corrected chi connectivity index (χ0v) is 11.4. The van der Waals surface area contributed by atoms with E-state index < -0.39 is 0 Å². The molecule has 5 heteroatoms. The van der Waals surface area contributed by atoms with Crippen molar-refractivity contribution in [2.24, 2.45) is 0 Å². The summed E-state index contributed by atoms with van der Waals surface area (Å²) < 4.78 is 5.62. The summed E-state index contributed by atoms with van der Waals surface area (Å²) in [5, 5.41) is 10.4. The van der Waals surface area contributed by atoms with Crippen molar-refractivity contribution in [3.63, 3.8) is 0 Å². The van der Waals surface area contributed by atoms with Crippen LogP contribution in [0.1, 0.15) is 29.8 Å². The van der Waals surface area contributed by atoms with Crippen LogP contribution >= 0.6 is 11.3 Å². The molecule has 0 aliphatic carbocycles. The van der Waals surface area contributed by atoms with Gasteiger partial charge in [-0.3, -0.25) is 0 Å². The highest BCUT2D eigenvalue weighted by Gasteiger charge is 2.07. The number of aromatic nitrogens is 2. The highest BCUT2D eigenvalue weighted by atomic mass is 32.1. The number of nitrogen functional groups attached to an aromatic ring is 1. The van der Waals surface area contributed by atoms with Gasteiger partial charge in [0.2, 0.25) is 0 Å². The number of ether oxygens (including phenoxy) is 1. The number of rotatable bonds is 5. The second-order valence-corrected chi connectivity index (χ2v) is 5.45. The molecule has 0 spiro atoms. The number of benzene rings is 1. The minimum atomic E-state index is 0.439. The summed E-state index contributed by atoms with van der Waals surface area (Å²) in [6.45, 7) is 4.85. The van der Waals surface area contributed by atoms with Crippen molar-refractivity contribution in [3.8, 4) is 5.75 Å². The third-order valence-corrected chi connectivity index (χ3v) is 3.72. The van der Waals surface area contributed by atoms with Gasteiger partial charge in [0.25, 0.3) is 0 Å². The van der Waals surface area contributed by atoms with E-state index in [2.05, 4.69) is 24.0 Å². The number of hydrogen-bond acceptors (Lipinski definition) is 5. The maximum atomic E-state index is 5.62. The molecule has 1 aromatic heterocycles. The molecule has 96 valence electrons. The van der Waals surface area contributed by atoms with Crippen molar-refractivity contribution in [1.82, 2.24) is 10.2 Å². The molecule has 0 saturated heterocycles. The number of nitrogens with two attached hydrogens (primary N) is 1. The van der Waals surface area contributed by atoms with Crippen molar-refractivity contribution in [3.05, 3.63) is 34.3 Å². The Labute approximate surface area is 111 Å². The molecule has 2 aromatic rings. The quantitative estimate of drug-likeness (QED) is 0.843. The molecule has 0 saturated carbocycles. The van der Waals surface area contributed by atoms with Crippen LogP contribution in [-0.4, -0.2) is 16.8 Å². The molecule has 2 N–H and O–H groups in total. The monoisotopic (exact) mass is 263 g/mol. The van der Waals surface area contributed by atoms with E-state index in [4.69, 9.17) is 10.5 Å². The minimum absolute atomic E-state index is 0.439. The van der Waals surface area contributed by atoms with Crippen molar-refractivity contribution in [2.45, 2.75) is 26.2 Å². The molecule has 0 radical (unpaired) electrons. The van der Waals surface area contributed by atoms with Gasteiger partial charge in [-0.05, 0) is 24.3 Å². The second kappa shape index (κ2) is 5.82. The van der Waals surface area contributed by atoms with Crippen LogP contribution in [0.3, 0.4) is 0 Å². The lowest BCUT2D eigenvalue weighted by Crippen LogP contribution is -2.01. The average molecular weight is 263 g/mol. The first kappa shape index (κ1) is 12.8. The fourth-order valence-corrected chi connectivity index (χ4v) is 2.25. The van der Waals surface area contributed by atoms with E-state index in [9.17, 15) is 0 Å². The molecular formula is C13H17N3OS. The Morgan fingerprint density at radius 1 is 1.22 bits per heavy atom. The Kier molecular flexibility index (Phi) is 4.15. The smallest absolute Gasteiger partial charge is 0.120 e. The summed E-state index contributed by atoms with van der Waals surface area (Å²) in [4.78, 5) is 0. The lowest BCUT2D eigenvalue weighted by Gasteiger charge is -2.04. The van der Waals surface area contributed by atoms with E-state index in [0.717, 1.165) is 27.9 Å². The Morgan fingerprint density at radius 3 is 2.56 bits per heavy atom. The first-order valence-corrected chi connectivity index (χ1v) is 6.77. The van der Waals surface area contributed by atoms with Crippen LogP contribution in [0.4, 0.5) is 5.69 Å². The van der Waals surface area contributed by atoms with Crippen molar-refractivity contribution >= 4 is 17.0 Å². The maximum Gasteiger partial charge on any atom is 0.120 e. The standard InChI is InChI=1S/C13H17N3OS/c1-9(2)13-16-15-12(18-13)7-8-17-11-5-3-10(14)4-6-11/h3-6,9H,7-8,14H2,1-2H3. The topological polar surface area (TPSA) is 61.0 Å². The summed E-state index contributed by atoms with van der Waals surface area (Å²) in [6, 6.07) is 7.40. The van der Waals surface area contributed by atoms with Gasteiger partial charge >= 0.3 is 0 Å². The Hall–Kier alpha value is -1.62. The Balaban J connectivity index is 1.82. The van der Waals surface area contributed by atoms with E-state index >= 15 is 0 Å². The summed E-state index contributed by atoms with van der Waals surface area (Å²) >= 11 is 1.66. The third-order valence-electron chi connectivity index (χ3n) is 2.44. The van der Waals surface area contributed by atoms with Gasteiger partial charge in [-0.1, -0.05) is 13.8 Å². The predicted molar refractivity (Wildman–Crippen MR) is 74.1 cm³/mol. The average Bonchev–Trinajstić information content (AvgIpc) is 2.81. The molecule has 0 aliphatic rings. The molecule has 2 rings (SSSR count). The van der Waals surface area contributed by atoms with Crippen LogP contribution in [0.5, 0.6) is 5.75 Å². The molecule has 0 amide bonds. The Morgan fingerprint density at radius 2 is 1.94 bits per heavy atom. The van der Waals surface area contributed by atoms with E-state index in [-0.39, 0.29) is 0 Å². The highest BCUT2D eigenvalue weighted by molar-refractivity contribution is 7.11. The third kappa shape index (κ3) is 3.43. The van der Waals surface area contributed by atoms with Crippen molar-refractivity contribution in [1.29, 1.82) is 0 Å². The number of anilines is 1. The van der Waals surface area contributed by atoms with Gasteiger partial charge in [0.1, 0.15) is 15.8 Å². The molecule has 18 heavy (non-hydrogen) atoms. The SMILES string of the molecule is CC(C)c1nnc(CCOc2ccc(N)cc2)s1. The molecule has 0 atom stereocenters. The van der Waals surface area contributed by atoms with Crippen LogP contribution < -0.4 is 10.5 Å². The van der Waals surface area contributed by atoms with E-state index in [1.54, 1.807) is 11.3 Å². The van der Waals surface area contributed by atoms with Gasteiger partial charge in [0.05, 0.1) is 6.61 Å². The highest BCUT2D eigenvalue weighted by Crippen LogP contribution is 2.19. The molecule has 1 aromatic carbocycles. The first-order valence-electron chi connectivity index (χ1n) is 5.96. The van der Waals surface area contributed by atoms with Gasteiger partial charge in [-0.15, -0.1) is 21.5 Å². The van der Waals surface area contributed by atoms with Gasteiger partial charge in [-0.25, -0.2) is 0 Å². The lowest BCUT2D eigenvalue weighted by atomic mass is 10.2. The van der Waals surface area contributed by atoms with Crippen LogP contribution in [0.15, 0.2) is 24.3 Å². The second-order valence-electron chi connectivity index (χ2n) is 4.36. The number of nitrogens with zero attached hydrogens (tertiary/aromatic N) is 2. The van der Waals surface area contributed by atoms with Crippen molar-refractivity contribution < 1.29 is 4.74 Å². The molecular weight excluding hydrogens is 246 g/mol. The zero-order valence-electron chi connectivity index (χ0n) is 10.6. The van der Waals surface area contributed by atoms with Crippen molar-refractivity contribution in [2.75, 3.05) is 12.3 Å². The summed E-state index contributed by atoms with van der Waals surface area (Å²) in [5.74, 6) is 1.27. The molecule has 0 bridgehead atoms. The van der Waals surface area contributed by atoms with Crippen LogP contribution in [0, 0.1) is 0 Å². The van der Waals surface area contributed by atoms with E-state index in [0.29, 0.717) is 12.5 Å². The molecule has 1 heterocycles. The fraction of sp³-hybridized carbons (Fsp3) is 0.385. The van der Waals surface area contributed by atoms with Gasteiger partial charge < -0.3 is 10.5 Å². The predicted octanol–water partition coefficient (Wildman–Crippen LogP) is 2.87. The van der Waals surface area contributed by atoms with Crippen LogP contribution in [-0.2, 0) is 6.42 Å². The molecule has 0 fully saturated rings. The lowest BCUT2D eigenvalue weighted by molar-refractivity contribution is 0.321. The van der Waals surface area contributed by atoms with Gasteiger partial charge in [-0.2, -0.15) is 0 Å². The van der Waals surface area contributed by atoms with E-state index in [1.807, 2.05) is 24.3 Å². The summed E-state index contributed by atoms with van der Waals surface area (Å²) in [5.41, 5.74) is 6.35. The first-order chi connectivity index (χ1) is 8.65. The minimum Gasteiger partial charge on any atom is -0.493 e. The van der Waals surface area contributed by atoms with Crippen LogP contribution in [0.2, 0.25) is 0 Å². The normalized spacial score (nSPS) is 10.8. The van der Waals surface area contributed by atoms with E-state index in [1.165, 1.54) is 0 Å².